The topological polar surface area (TPSA) is 180 Å². The average molecular weight is 693 g/mol. The Labute approximate surface area is 277 Å². The van der Waals surface area contributed by atoms with Crippen LogP contribution in [0.1, 0.15) is 36.1 Å². The number of nitrogens with zero attached hydrogens (tertiary/aromatic N) is 5. The van der Waals surface area contributed by atoms with Crippen molar-refractivity contribution in [1.82, 2.24) is 25.5 Å². The summed E-state index contributed by atoms with van der Waals surface area (Å²) in [6, 6.07) is 11.0. The lowest BCUT2D eigenvalue weighted by Gasteiger charge is -2.28. The van der Waals surface area contributed by atoms with Crippen molar-refractivity contribution >= 4 is 39.3 Å². The Morgan fingerprint density at radius 3 is 2.31 bits per heavy atom. The van der Waals surface area contributed by atoms with Crippen molar-refractivity contribution in [1.29, 1.82) is 0 Å². The first-order valence-electron chi connectivity index (χ1n) is 14.7. The minimum Gasteiger partial charge on any atom is -0.491 e. The van der Waals surface area contributed by atoms with Gasteiger partial charge in [0.2, 0.25) is 0 Å². The number of thiophene rings is 1. The van der Waals surface area contributed by atoms with Crippen LogP contribution in [-0.2, 0) is 22.6 Å². The first-order valence-corrected chi connectivity index (χ1v) is 15.5. The molecule has 1 aliphatic carbocycles. The Morgan fingerprint density at radius 2 is 1.71 bits per heavy atom. The molecule has 13 nitrogen and oxygen atoms in total. The van der Waals surface area contributed by atoms with E-state index in [4.69, 9.17) is 19.7 Å². The SMILES string of the molecule is COc1cc(-c2ccc(CN[C@H]3C[C@@H](O)[C@@H](N(C)c4ncnc5sc(CC(F)(F)F)cc45)C3)cc2)nnc1OC.O=C(O)CCC(=O)O. The normalized spacial score (nSPS) is 17.4. The number of hydrogen-bond donors (Lipinski definition) is 4. The van der Waals surface area contributed by atoms with Gasteiger partial charge in [-0.2, -0.15) is 13.2 Å². The first kappa shape index (κ1) is 36.2. The number of aliphatic hydroxyl groups excluding tert-OH is 1. The number of ether oxygens (including phenoxy) is 2. The lowest BCUT2D eigenvalue weighted by atomic mass is 10.1. The molecule has 0 saturated heterocycles. The predicted molar refractivity (Wildman–Crippen MR) is 170 cm³/mol. The summed E-state index contributed by atoms with van der Waals surface area (Å²) in [6.07, 6.45) is -3.95. The maximum atomic E-state index is 12.9. The van der Waals surface area contributed by atoms with Crippen LogP contribution in [-0.4, -0.2) is 93.1 Å². The Balaban J connectivity index is 0.000000579. The number of carboxylic acid groups (broad SMARTS) is 2. The maximum Gasteiger partial charge on any atom is 0.393 e. The van der Waals surface area contributed by atoms with Crippen LogP contribution in [0.4, 0.5) is 19.0 Å². The zero-order chi connectivity index (χ0) is 35.0. The standard InChI is InChI=1S/C27H29F3N6O3S.C4H6O4/c1-36(24-19-10-18(12-27(28,29)30)40-26(19)33-14-32-24)21-8-17(9-22(21)37)31-13-15-4-6-16(7-5-15)20-11-23(38-2)25(39-3)35-34-20;5-3(6)1-2-4(7)8/h4-7,10-11,14,17,21-22,31,37H,8-9,12-13H2,1-3H3;1-2H2,(H,5,6)(H,7,8)/t17-,21+,22-;/m1./s1. The van der Waals surface area contributed by atoms with E-state index in [1.807, 2.05) is 36.2 Å². The quantitative estimate of drug-likeness (QED) is 0.165. The third-order valence-corrected chi connectivity index (χ3v) is 8.64. The number of likely N-dealkylation sites (N-methyl/N-ethyl adjacent to an activating group) is 1. The molecule has 1 aliphatic rings. The van der Waals surface area contributed by atoms with Gasteiger partial charge in [-0.15, -0.1) is 21.5 Å². The molecular formula is C31H35F3N6O7S. The van der Waals surface area contributed by atoms with Crippen molar-refractivity contribution in [3.05, 3.63) is 53.2 Å². The fourth-order valence-electron chi connectivity index (χ4n) is 5.25. The number of hydrogen-bond acceptors (Lipinski definition) is 12. The Kier molecular flexibility index (Phi) is 12.1. The average Bonchev–Trinajstić information content (AvgIpc) is 3.63. The molecule has 4 N–H and O–H groups in total. The molecule has 3 heterocycles. The molecule has 3 atom stereocenters. The van der Waals surface area contributed by atoms with Crippen LogP contribution in [0.15, 0.2) is 42.7 Å². The molecule has 1 saturated carbocycles. The molecule has 0 unspecified atom stereocenters. The summed E-state index contributed by atoms with van der Waals surface area (Å²) >= 11 is 1.02. The van der Waals surface area contributed by atoms with Gasteiger partial charge in [-0.1, -0.05) is 24.3 Å². The Hall–Kier alpha value is -4.61. The van der Waals surface area contributed by atoms with Gasteiger partial charge in [0.25, 0.3) is 5.88 Å². The highest BCUT2D eigenvalue weighted by atomic mass is 32.1. The smallest absolute Gasteiger partial charge is 0.393 e. The van der Waals surface area contributed by atoms with Crippen LogP contribution in [0.5, 0.6) is 11.6 Å². The number of halogens is 3. The molecule has 5 rings (SSSR count). The van der Waals surface area contributed by atoms with E-state index in [0.717, 1.165) is 22.5 Å². The van der Waals surface area contributed by atoms with E-state index in [0.29, 0.717) is 52.7 Å². The summed E-state index contributed by atoms with van der Waals surface area (Å²) in [7, 11) is 4.87. The fourth-order valence-corrected chi connectivity index (χ4v) is 6.27. The Bertz CT molecular complexity index is 1690. The summed E-state index contributed by atoms with van der Waals surface area (Å²) in [5.41, 5.74) is 2.62. The second kappa shape index (κ2) is 16.0. The number of carbonyl (C=O) groups is 2. The number of aliphatic carboxylic acids is 2. The molecule has 0 aliphatic heterocycles. The molecular weight excluding hydrogens is 657 g/mol. The van der Waals surface area contributed by atoms with Crippen molar-refractivity contribution in [3.8, 4) is 22.9 Å². The highest BCUT2D eigenvalue weighted by molar-refractivity contribution is 7.18. The van der Waals surface area contributed by atoms with Crippen LogP contribution in [0.25, 0.3) is 21.5 Å². The van der Waals surface area contributed by atoms with Crippen molar-refractivity contribution in [2.45, 2.75) is 63.0 Å². The molecule has 3 aromatic heterocycles. The minimum absolute atomic E-state index is 0.0550. The number of fused-ring (bicyclic) bond motifs is 1. The van der Waals surface area contributed by atoms with Crippen molar-refractivity contribution < 1.29 is 47.6 Å². The van der Waals surface area contributed by atoms with Gasteiger partial charge in [0.1, 0.15) is 17.0 Å². The molecule has 48 heavy (non-hydrogen) atoms. The molecule has 4 aromatic rings. The molecule has 0 radical (unpaired) electrons. The summed E-state index contributed by atoms with van der Waals surface area (Å²) in [6.45, 7) is 0.606. The monoisotopic (exact) mass is 692 g/mol. The number of aromatic nitrogens is 4. The van der Waals surface area contributed by atoms with E-state index in [1.165, 1.54) is 19.5 Å². The van der Waals surface area contributed by atoms with E-state index in [-0.39, 0.29) is 29.8 Å². The fraction of sp³-hybridized carbons (Fsp3) is 0.419. The second-order valence-corrected chi connectivity index (χ2v) is 12.1. The predicted octanol–water partition coefficient (Wildman–Crippen LogP) is 4.32. The van der Waals surface area contributed by atoms with Crippen molar-refractivity contribution in [2.24, 2.45) is 0 Å². The summed E-state index contributed by atoms with van der Waals surface area (Å²) < 4.78 is 49.2. The number of anilines is 1. The van der Waals surface area contributed by atoms with Crippen LogP contribution in [0.2, 0.25) is 0 Å². The van der Waals surface area contributed by atoms with Gasteiger partial charge in [0.05, 0.1) is 56.7 Å². The first-order chi connectivity index (χ1) is 22.8. The van der Waals surface area contributed by atoms with Crippen LogP contribution in [0, 0.1) is 0 Å². The summed E-state index contributed by atoms with van der Waals surface area (Å²) in [5, 5.41) is 39.0. The van der Waals surface area contributed by atoms with E-state index in [9.17, 15) is 27.9 Å². The molecule has 258 valence electrons. The lowest BCUT2D eigenvalue weighted by Crippen LogP contribution is -2.38. The number of alkyl halides is 3. The van der Waals surface area contributed by atoms with Gasteiger partial charge in [-0.05, 0) is 24.5 Å². The highest BCUT2D eigenvalue weighted by Crippen LogP contribution is 2.36. The van der Waals surface area contributed by atoms with Gasteiger partial charge in [0, 0.05) is 36.1 Å². The zero-order valence-electron chi connectivity index (χ0n) is 26.3. The molecule has 1 aromatic carbocycles. The minimum atomic E-state index is -4.29. The maximum absolute atomic E-state index is 12.9. The molecule has 17 heteroatoms. The van der Waals surface area contributed by atoms with Crippen LogP contribution >= 0.6 is 11.3 Å². The Morgan fingerprint density at radius 1 is 1.02 bits per heavy atom. The third-order valence-electron chi connectivity index (χ3n) is 7.60. The largest absolute Gasteiger partial charge is 0.491 e. The van der Waals surface area contributed by atoms with Gasteiger partial charge in [-0.25, -0.2) is 9.97 Å². The molecule has 0 bridgehead atoms. The van der Waals surface area contributed by atoms with Gasteiger partial charge >= 0.3 is 18.1 Å². The molecule has 1 fully saturated rings. The second-order valence-electron chi connectivity index (χ2n) is 11.0. The summed E-state index contributed by atoms with van der Waals surface area (Å²) in [5.74, 6) is -0.811. The van der Waals surface area contributed by atoms with Gasteiger partial charge in [0.15, 0.2) is 5.75 Å². The zero-order valence-corrected chi connectivity index (χ0v) is 27.1. The highest BCUT2D eigenvalue weighted by Gasteiger charge is 2.37. The van der Waals surface area contributed by atoms with E-state index >= 15 is 0 Å². The van der Waals surface area contributed by atoms with Crippen LogP contribution in [0.3, 0.4) is 0 Å². The lowest BCUT2D eigenvalue weighted by molar-refractivity contribution is -0.143. The van der Waals surface area contributed by atoms with Gasteiger partial charge in [-0.3, -0.25) is 9.59 Å². The number of carboxylic acids is 2. The van der Waals surface area contributed by atoms with Crippen LogP contribution < -0.4 is 19.7 Å². The van der Waals surface area contributed by atoms with E-state index in [2.05, 4.69) is 25.5 Å². The van der Waals surface area contributed by atoms with Gasteiger partial charge < -0.3 is 35.0 Å². The molecule has 0 amide bonds. The number of rotatable bonds is 12. The number of benzene rings is 1. The van der Waals surface area contributed by atoms with E-state index < -0.39 is 30.6 Å². The van der Waals surface area contributed by atoms with Crippen molar-refractivity contribution in [2.75, 3.05) is 26.2 Å². The number of aliphatic hydroxyl groups is 1. The third kappa shape index (κ3) is 9.71. The van der Waals surface area contributed by atoms with Crippen molar-refractivity contribution in [3.63, 3.8) is 0 Å². The summed E-state index contributed by atoms with van der Waals surface area (Å²) in [4.78, 5) is 30.3. The molecule has 0 spiro atoms. The number of methoxy groups -OCH3 is 2. The van der Waals surface area contributed by atoms with E-state index in [1.54, 1.807) is 13.2 Å². The number of nitrogens with one attached hydrogen (secondary N) is 1.